The van der Waals surface area contributed by atoms with E-state index in [0.717, 1.165) is 19.3 Å². The number of unbranched alkanes of at least 4 members (excludes halogenated alkanes) is 2. The number of likely N-dealkylation sites (tertiary alicyclic amines) is 1. The Hall–Kier alpha value is -3.17. The molecule has 0 aliphatic carbocycles. The molecule has 3 heterocycles. The highest BCUT2D eigenvalue weighted by Gasteiger charge is 2.75. The minimum Gasteiger partial charge on any atom is -0.494 e. The maximum absolute atomic E-state index is 14.5. The van der Waals surface area contributed by atoms with Crippen LogP contribution in [0.4, 0.5) is 5.69 Å². The Morgan fingerprint density at radius 1 is 1.14 bits per heavy atom. The van der Waals surface area contributed by atoms with Crippen molar-refractivity contribution in [3.8, 4) is 5.75 Å². The smallest absolute Gasteiger partial charge is 0.248 e. The van der Waals surface area contributed by atoms with Crippen molar-refractivity contribution in [3.05, 3.63) is 49.6 Å². The van der Waals surface area contributed by atoms with Gasteiger partial charge in [-0.15, -0.1) is 13.2 Å². The van der Waals surface area contributed by atoms with Crippen LogP contribution in [-0.2, 0) is 19.1 Å². The standard InChI is InChI=1S/C34H49N3O6/c1-6-13-24(5)35(20-7-2)33(41)30-34-19-18-27(43-34)28(29(34)32(40)37(30)22-11-10-12-23-38)31(39)36(21-8-3)25-14-16-26(17-15-25)42-9-4/h7-8,14-17,24,27-30,38H,2-3,6,9-13,18-23H2,1,4-5H3/t24?,27-,28+,29+,30?,34?/m1/s1. The second-order valence-corrected chi connectivity index (χ2v) is 12.0. The fourth-order valence-electron chi connectivity index (χ4n) is 7.40. The van der Waals surface area contributed by atoms with Crippen molar-refractivity contribution in [2.75, 3.05) is 37.7 Å². The molecule has 3 fully saturated rings. The summed E-state index contributed by atoms with van der Waals surface area (Å²) < 4.78 is 12.3. The topological polar surface area (TPSA) is 99.6 Å². The summed E-state index contributed by atoms with van der Waals surface area (Å²) in [6, 6.07) is 6.51. The summed E-state index contributed by atoms with van der Waals surface area (Å²) in [5, 5.41) is 9.31. The maximum Gasteiger partial charge on any atom is 0.248 e. The number of carbonyl (C=O) groups is 3. The molecule has 6 atom stereocenters. The zero-order chi connectivity index (χ0) is 31.1. The van der Waals surface area contributed by atoms with Gasteiger partial charge < -0.3 is 29.3 Å². The molecule has 9 nitrogen and oxygen atoms in total. The van der Waals surface area contributed by atoms with Crippen molar-refractivity contribution < 1.29 is 29.0 Å². The summed E-state index contributed by atoms with van der Waals surface area (Å²) in [4.78, 5) is 48.4. The first-order valence-electron chi connectivity index (χ1n) is 15.9. The van der Waals surface area contributed by atoms with Gasteiger partial charge in [-0.25, -0.2) is 0 Å². The number of rotatable bonds is 17. The quantitative estimate of drug-likeness (QED) is 0.213. The third-order valence-electron chi connectivity index (χ3n) is 9.26. The summed E-state index contributed by atoms with van der Waals surface area (Å²) in [5.41, 5.74) is -0.366. The average Bonchev–Trinajstić information content (AvgIpc) is 3.64. The van der Waals surface area contributed by atoms with Crippen LogP contribution in [0.3, 0.4) is 0 Å². The normalized spacial score (nSPS) is 26.2. The first-order valence-corrected chi connectivity index (χ1v) is 15.9. The Kier molecular flexibility index (Phi) is 11.1. The first kappa shape index (κ1) is 32.7. The van der Waals surface area contributed by atoms with Gasteiger partial charge in [0.05, 0.1) is 24.5 Å². The molecule has 3 aliphatic heterocycles. The third kappa shape index (κ3) is 6.25. The van der Waals surface area contributed by atoms with Crippen LogP contribution in [0.25, 0.3) is 0 Å². The van der Waals surface area contributed by atoms with Crippen molar-refractivity contribution in [1.82, 2.24) is 9.80 Å². The Morgan fingerprint density at radius 2 is 1.86 bits per heavy atom. The monoisotopic (exact) mass is 595 g/mol. The lowest BCUT2D eigenvalue weighted by molar-refractivity contribution is -0.149. The van der Waals surface area contributed by atoms with Crippen LogP contribution >= 0.6 is 0 Å². The molecule has 43 heavy (non-hydrogen) atoms. The van der Waals surface area contributed by atoms with Gasteiger partial charge in [0.25, 0.3) is 0 Å². The highest BCUT2D eigenvalue weighted by Crippen LogP contribution is 2.59. The molecule has 1 N–H and O–H groups in total. The number of nitrogens with zero attached hydrogens (tertiary/aromatic N) is 3. The van der Waals surface area contributed by atoms with Crippen molar-refractivity contribution in [2.45, 2.75) is 89.5 Å². The van der Waals surface area contributed by atoms with Crippen LogP contribution in [0.15, 0.2) is 49.6 Å². The number of fused-ring (bicyclic) bond motifs is 1. The van der Waals surface area contributed by atoms with E-state index in [1.807, 2.05) is 43.0 Å². The minimum absolute atomic E-state index is 0.0314. The van der Waals surface area contributed by atoms with Crippen molar-refractivity contribution >= 4 is 23.4 Å². The number of anilines is 1. The van der Waals surface area contributed by atoms with Gasteiger partial charge in [-0.05, 0) is 76.6 Å². The molecular formula is C34H49N3O6. The molecule has 0 radical (unpaired) electrons. The van der Waals surface area contributed by atoms with Crippen LogP contribution < -0.4 is 9.64 Å². The third-order valence-corrected chi connectivity index (χ3v) is 9.26. The highest BCUT2D eigenvalue weighted by atomic mass is 16.5. The van der Waals surface area contributed by atoms with Crippen LogP contribution in [0.2, 0.25) is 0 Å². The fraction of sp³-hybridized carbons (Fsp3) is 0.618. The molecule has 3 saturated heterocycles. The van der Waals surface area contributed by atoms with E-state index in [1.54, 1.807) is 22.0 Å². The zero-order valence-electron chi connectivity index (χ0n) is 26.1. The molecule has 2 bridgehead atoms. The van der Waals surface area contributed by atoms with Gasteiger partial charge in [0.15, 0.2) is 0 Å². The van der Waals surface area contributed by atoms with Gasteiger partial charge in [-0.3, -0.25) is 14.4 Å². The van der Waals surface area contributed by atoms with E-state index in [0.29, 0.717) is 56.8 Å². The fourth-order valence-corrected chi connectivity index (χ4v) is 7.40. The Labute approximate surface area is 256 Å². The number of benzene rings is 1. The average molecular weight is 596 g/mol. The molecule has 3 unspecified atom stereocenters. The predicted octanol–water partition coefficient (Wildman–Crippen LogP) is 4.34. The summed E-state index contributed by atoms with van der Waals surface area (Å²) in [7, 11) is 0. The number of amides is 3. The molecule has 4 rings (SSSR count). The predicted molar refractivity (Wildman–Crippen MR) is 167 cm³/mol. The Morgan fingerprint density at radius 3 is 2.49 bits per heavy atom. The molecule has 1 spiro atoms. The summed E-state index contributed by atoms with van der Waals surface area (Å²) in [6.07, 6.45) is 7.89. The molecule has 3 aliphatic rings. The first-order chi connectivity index (χ1) is 20.8. The second-order valence-electron chi connectivity index (χ2n) is 12.0. The van der Waals surface area contributed by atoms with E-state index in [1.165, 1.54) is 0 Å². The number of aliphatic hydroxyl groups excluding tert-OH is 1. The summed E-state index contributed by atoms with van der Waals surface area (Å²) >= 11 is 0. The number of aliphatic hydroxyl groups is 1. The summed E-state index contributed by atoms with van der Waals surface area (Å²) in [6.45, 7) is 15.5. The van der Waals surface area contributed by atoms with E-state index in [2.05, 4.69) is 20.1 Å². The molecule has 0 saturated carbocycles. The largest absolute Gasteiger partial charge is 0.494 e. The molecular weight excluding hydrogens is 546 g/mol. The van der Waals surface area contributed by atoms with Gasteiger partial charge in [0.1, 0.15) is 17.4 Å². The SMILES string of the molecule is C=CCN(C(=O)[C@@H]1[C@H]2C(=O)N(CCCCCO)C(C(=O)N(CC=C)C(C)CCC)C23CC[C@H]1O3)c1ccc(OCC)cc1. The number of hydrogen-bond donors (Lipinski definition) is 1. The lowest BCUT2D eigenvalue weighted by Gasteiger charge is -2.39. The van der Waals surface area contributed by atoms with Gasteiger partial charge >= 0.3 is 0 Å². The lowest BCUT2D eigenvalue weighted by Crippen LogP contribution is -2.58. The Bertz CT molecular complexity index is 1160. The minimum atomic E-state index is -1.06. The van der Waals surface area contributed by atoms with E-state index in [4.69, 9.17) is 9.47 Å². The molecule has 3 amide bonds. The lowest BCUT2D eigenvalue weighted by atomic mass is 9.70. The highest BCUT2D eigenvalue weighted by molar-refractivity contribution is 6.03. The molecule has 1 aromatic rings. The second kappa shape index (κ2) is 14.5. The maximum atomic E-state index is 14.5. The van der Waals surface area contributed by atoms with Crippen molar-refractivity contribution in [1.29, 1.82) is 0 Å². The Balaban J connectivity index is 1.70. The molecule has 1 aromatic carbocycles. The van der Waals surface area contributed by atoms with Crippen molar-refractivity contribution in [2.24, 2.45) is 11.8 Å². The summed E-state index contributed by atoms with van der Waals surface area (Å²) in [5.74, 6) is -1.24. The molecule has 9 heteroatoms. The molecule has 0 aromatic heterocycles. The van der Waals surface area contributed by atoms with Crippen molar-refractivity contribution in [3.63, 3.8) is 0 Å². The van der Waals surface area contributed by atoms with Crippen LogP contribution in [0.5, 0.6) is 5.75 Å². The molecule has 236 valence electrons. The zero-order valence-corrected chi connectivity index (χ0v) is 26.1. The van der Waals surface area contributed by atoms with Crippen LogP contribution in [-0.4, -0.2) is 89.3 Å². The number of carbonyl (C=O) groups excluding carboxylic acids is 3. The van der Waals surface area contributed by atoms with Gasteiger partial charge in [0, 0.05) is 38.0 Å². The number of ether oxygens (including phenoxy) is 2. The van der Waals surface area contributed by atoms with Gasteiger partial charge in [-0.1, -0.05) is 25.5 Å². The van der Waals surface area contributed by atoms with Crippen LogP contribution in [0, 0.1) is 11.8 Å². The van der Waals surface area contributed by atoms with E-state index >= 15 is 0 Å². The van der Waals surface area contributed by atoms with E-state index in [9.17, 15) is 19.5 Å². The number of hydrogen-bond acceptors (Lipinski definition) is 6. The van der Waals surface area contributed by atoms with Gasteiger partial charge in [0.2, 0.25) is 17.7 Å². The van der Waals surface area contributed by atoms with E-state index < -0.39 is 29.6 Å². The van der Waals surface area contributed by atoms with E-state index in [-0.39, 0.29) is 36.9 Å². The van der Waals surface area contributed by atoms with Crippen LogP contribution in [0.1, 0.15) is 65.7 Å². The van der Waals surface area contributed by atoms with Gasteiger partial charge in [-0.2, -0.15) is 0 Å².